The van der Waals surface area contributed by atoms with E-state index in [0.717, 1.165) is 6.04 Å². The quantitative estimate of drug-likeness (QED) is 0.775. The summed E-state index contributed by atoms with van der Waals surface area (Å²) in [5, 5.41) is 3.70. The van der Waals surface area contributed by atoms with Crippen molar-refractivity contribution in [3.05, 3.63) is 35.4 Å². The Hall–Kier alpha value is -0.820. The Bertz CT molecular complexity index is 298. The number of hydrogen-bond acceptors (Lipinski definition) is 1. The Morgan fingerprint density at radius 3 is 2.47 bits per heavy atom. The molecular formula is C14H21N. The lowest BCUT2D eigenvalue weighted by atomic mass is 10.0. The zero-order chi connectivity index (χ0) is 10.7. The summed E-state index contributed by atoms with van der Waals surface area (Å²) in [5.41, 5.74) is 2.81. The first-order chi connectivity index (χ1) is 7.28. The summed E-state index contributed by atoms with van der Waals surface area (Å²) in [6, 6.07) is 10.4. The topological polar surface area (TPSA) is 12.0 Å². The fraction of sp³-hybridized carbons (Fsp3) is 0.571. The Balaban J connectivity index is 1.89. The second-order valence-electron chi connectivity index (χ2n) is 4.74. The zero-order valence-corrected chi connectivity index (χ0v) is 9.79. The van der Waals surface area contributed by atoms with Gasteiger partial charge in [-0.3, -0.25) is 0 Å². The summed E-state index contributed by atoms with van der Waals surface area (Å²) < 4.78 is 0. The van der Waals surface area contributed by atoms with Gasteiger partial charge in [-0.25, -0.2) is 0 Å². The lowest BCUT2D eigenvalue weighted by Crippen LogP contribution is -2.32. The molecule has 0 saturated heterocycles. The van der Waals surface area contributed by atoms with Crippen molar-refractivity contribution in [2.45, 2.75) is 51.6 Å². The molecule has 2 rings (SSSR count). The number of rotatable bonds is 5. The number of hydrogen-bond donors (Lipinski definition) is 1. The maximum Gasteiger partial charge on any atom is 0.0107 e. The largest absolute Gasteiger partial charge is 0.311 e. The van der Waals surface area contributed by atoms with Gasteiger partial charge in [0.1, 0.15) is 0 Å². The van der Waals surface area contributed by atoms with Gasteiger partial charge >= 0.3 is 0 Å². The van der Waals surface area contributed by atoms with Crippen LogP contribution in [0.3, 0.4) is 0 Å². The molecule has 1 nitrogen and oxygen atoms in total. The lowest BCUT2D eigenvalue weighted by Gasteiger charge is -2.16. The van der Waals surface area contributed by atoms with Crippen LogP contribution in [-0.4, -0.2) is 12.1 Å². The van der Waals surface area contributed by atoms with Gasteiger partial charge in [-0.1, -0.05) is 36.8 Å². The minimum atomic E-state index is 0.667. The van der Waals surface area contributed by atoms with E-state index >= 15 is 0 Å². The van der Waals surface area contributed by atoms with Crippen LogP contribution in [0.25, 0.3) is 0 Å². The number of nitrogens with one attached hydrogen (secondary N) is 1. The van der Waals surface area contributed by atoms with Crippen molar-refractivity contribution < 1.29 is 0 Å². The molecular weight excluding hydrogens is 182 g/mol. The molecule has 1 aromatic rings. The molecule has 1 heteroatoms. The minimum Gasteiger partial charge on any atom is -0.311 e. The highest BCUT2D eigenvalue weighted by Crippen LogP contribution is 2.21. The number of aryl methyl sites for hydroxylation is 1. The zero-order valence-electron chi connectivity index (χ0n) is 9.79. The summed E-state index contributed by atoms with van der Waals surface area (Å²) in [7, 11) is 0. The Labute approximate surface area is 92.9 Å². The Morgan fingerprint density at radius 2 is 1.93 bits per heavy atom. The van der Waals surface area contributed by atoms with E-state index < -0.39 is 0 Å². The van der Waals surface area contributed by atoms with Crippen molar-refractivity contribution in [1.29, 1.82) is 0 Å². The first kappa shape index (κ1) is 10.7. The standard InChI is InChI=1S/C14H21N/c1-3-13(15-14-8-9-14)10-12-6-4-11(2)5-7-12/h4-7,13-15H,3,8-10H2,1-2H3. The van der Waals surface area contributed by atoms with Gasteiger partial charge in [0.2, 0.25) is 0 Å². The van der Waals surface area contributed by atoms with Gasteiger partial charge in [-0.15, -0.1) is 0 Å². The molecule has 1 aliphatic rings. The summed E-state index contributed by atoms with van der Waals surface area (Å²) in [4.78, 5) is 0. The van der Waals surface area contributed by atoms with Crippen LogP contribution in [0, 0.1) is 6.92 Å². The van der Waals surface area contributed by atoms with E-state index in [2.05, 4.69) is 43.4 Å². The second-order valence-corrected chi connectivity index (χ2v) is 4.74. The van der Waals surface area contributed by atoms with E-state index in [9.17, 15) is 0 Å². The molecule has 0 bridgehead atoms. The monoisotopic (exact) mass is 203 g/mol. The molecule has 1 aliphatic carbocycles. The molecule has 0 spiro atoms. The third-order valence-electron chi connectivity index (χ3n) is 3.14. The van der Waals surface area contributed by atoms with Crippen molar-refractivity contribution in [3.8, 4) is 0 Å². The van der Waals surface area contributed by atoms with Gasteiger partial charge in [0.15, 0.2) is 0 Å². The van der Waals surface area contributed by atoms with Gasteiger partial charge < -0.3 is 5.32 Å². The number of benzene rings is 1. The fourth-order valence-electron chi connectivity index (χ4n) is 1.91. The van der Waals surface area contributed by atoms with E-state index in [1.165, 1.54) is 36.8 Å². The van der Waals surface area contributed by atoms with E-state index in [1.54, 1.807) is 0 Å². The molecule has 0 aromatic heterocycles. The van der Waals surface area contributed by atoms with Crippen molar-refractivity contribution in [2.75, 3.05) is 0 Å². The maximum atomic E-state index is 3.70. The summed E-state index contributed by atoms with van der Waals surface area (Å²) in [5.74, 6) is 0. The van der Waals surface area contributed by atoms with Crippen molar-refractivity contribution in [2.24, 2.45) is 0 Å². The van der Waals surface area contributed by atoms with Crippen LogP contribution in [0.1, 0.15) is 37.3 Å². The SMILES string of the molecule is CCC(Cc1ccc(C)cc1)NC1CC1. The minimum absolute atomic E-state index is 0.667. The molecule has 15 heavy (non-hydrogen) atoms. The molecule has 1 saturated carbocycles. The molecule has 1 atom stereocenters. The van der Waals surface area contributed by atoms with Gasteiger partial charge in [-0.2, -0.15) is 0 Å². The van der Waals surface area contributed by atoms with Crippen LogP contribution in [0.2, 0.25) is 0 Å². The second kappa shape index (κ2) is 4.80. The average molecular weight is 203 g/mol. The Morgan fingerprint density at radius 1 is 1.27 bits per heavy atom. The highest BCUT2D eigenvalue weighted by atomic mass is 15.0. The van der Waals surface area contributed by atoms with Crippen molar-refractivity contribution in [1.82, 2.24) is 5.32 Å². The van der Waals surface area contributed by atoms with Crippen molar-refractivity contribution >= 4 is 0 Å². The van der Waals surface area contributed by atoms with Gasteiger partial charge in [0.25, 0.3) is 0 Å². The molecule has 0 radical (unpaired) electrons. The van der Waals surface area contributed by atoms with Crippen LogP contribution in [0.4, 0.5) is 0 Å². The summed E-state index contributed by atoms with van der Waals surface area (Å²) in [6.45, 7) is 4.41. The molecule has 0 aliphatic heterocycles. The fourth-order valence-corrected chi connectivity index (χ4v) is 1.91. The van der Waals surface area contributed by atoms with Gasteiger partial charge in [0, 0.05) is 12.1 Å². The van der Waals surface area contributed by atoms with Crippen LogP contribution >= 0.6 is 0 Å². The normalized spacial score (nSPS) is 17.7. The first-order valence-corrected chi connectivity index (χ1v) is 6.09. The highest BCUT2D eigenvalue weighted by Gasteiger charge is 2.23. The van der Waals surface area contributed by atoms with E-state index in [1.807, 2.05) is 0 Å². The van der Waals surface area contributed by atoms with Crippen LogP contribution < -0.4 is 5.32 Å². The van der Waals surface area contributed by atoms with Crippen LogP contribution in [0.5, 0.6) is 0 Å². The lowest BCUT2D eigenvalue weighted by molar-refractivity contribution is 0.492. The molecule has 1 N–H and O–H groups in total. The van der Waals surface area contributed by atoms with Gasteiger partial charge in [-0.05, 0) is 38.2 Å². The Kier molecular flexibility index (Phi) is 3.42. The molecule has 1 fully saturated rings. The third-order valence-corrected chi connectivity index (χ3v) is 3.14. The van der Waals surface area contributed by atoms with Crippen LogP contribution in [-0.2, 0) is 6.42 Å². The first-order valence-electron chi connectivity index (χ1n) is 6.09. The average Bonchev–Trinajstić information content (AvgIpc) is 3.04. The summed E-state index contributed by atoms with van der Waals surface area (Å²) >= 11 is 0. The third kappa shape index (κ3) is 3.35. The van der Waals surface area contributed by atoms with E-state index in [-0.39, 0.29) is 0 Å². The van der Waals surface area contributed by atoms with E-state index in [4.69, 9.17) is 0 Å². The molecule has 0 amide bonds. The predicted molar refractivity (Wildman–Crippen MR) is 65.1 cm³/mol. The highest BCUT2D eigenvalue weighted by molar-refractivity contribution is 5.22. The predicted octanol–water partition coefficient (Wildman–Crippen LogP) is 3.07. The summed E-state index contributed by atoms with van der Waals surface area (Å²) in [6.07, 6.45) is 5.16. The molecule has 82 valence electrons. The molecule has 1 aromatic carbocycles. The molecule has 0 heterocycles. The van der Waals surface area contributed by atoms with Crippen molar-refractivity contribution in [3.63, 3.8) is 0 Å². The molecule has 1 unspecified atom stereocenters. The van der Waals surface area contributed by atoms with Crippen LogP contribution in [0.15, 0.2) is 24.3 Å². The maximum absolute atomic E-state index is 3.70. The van der Waals surface area contributed by atoms with Gasteiger partial charge in [0.05, 0.1) is 0 Å². The van der Waals surface area contributed by atoms with E-state index in [0.29, 0.717) is 6.04 Å². The smallest absolute Gasteiger partial charge is 0.0107 e.